The van der Waals surface area contributed by atoms with Gasteiger partial charge >= 0.3 is 0 Å². The number of ether oxygens (including phenoxy) is 1. The smallest absolute Gasteiger partial charge is 0.0897 e. The molecule has 1 fully saturated rings. The van der Waals surface area contributed by atoms with Crippen LogP contribution in [-0.2, 0) is 4.74 Å². The summed E-state index contributed by atoms with van der Waals surface area (Å²) in [5.74, 6) is 0.534. The third kappa shape index (κ3) is 6.72. The summed E-state index contributed by atoms with van der Waals surface area (Å²) in [6, 6.07) is 0. The molecule has 1 aliphatic carbocycles. The Morgan fingerprint density at radius 1 is 1.17 bits per heavy atom. The van der Waals surface area contributed by atoms with Crippen molar-refractivity contribution in [2.24, 2.45) is 11.3 Å². The van der Waals surface area contributed by atoms with Gasteiger partial charge in [0, 0.05) is 19.7 Å². The molecular formula is C15H31NO2. The lowest BCUT2D eigenvalue weighted by atomic mass is 9.76. The van der Waals surface area contributed by atoms with Gasteiger partial charge in [0.25, 0.3) is 0 Å². The molecule has 0 radical (unpaired) electrons. The molecule has 1 saturated carbocycles. The molecule has 0 amide bonds. The van der Waals surface area contributed by atoms with E-state index in [1.807, 2.05) is 0 Å². The Morgan fingerprint density at radius 2 is 1.83 bits per heavy atom. The first kappa shape index (κ1) is 15.9. The molecule has 0 saturated heterocycles. The molecule has 108 valence electrons. The van der Waals surface area contributed by atoms with E-state index in [9.17, 15) is 5.11 Å². The molecule has 3 heteroatoms. The van der Waals surface area contributed by atoms with Crippen molar-refractivity contribution >= 4 is 0 Å². The van der Waals surface area contributed by atoms with Crippen LogP contribution in [0.15, 0.2) is 0 Å². The zero-order valence-electron chi connectivity index (χ0n) is 12.4. The van der Waals surface area contributed by atoms with Gasteiger partial charge in [0.1, 0.15) is 0 Å². The van der Waals surface area contributed by atoms with Gasteiger partial charge in [-0.3, -0.25) is 0 Å². The van der Waals surface area contributed by atoms with Gasteiger partial charge < -0.3 is 15.2 Å². The third-order valence-electron chi connectivity index (χ3n) is 3.75. The van der Waals surface area contributed by atoms with Crippen LogP contribution in [-0.4, -0.2) is 37.5 Å². The highest BCUT2D eigenvalue weighted by Crippen LogP contribution is 2.34. The fourth-order valence-electron chi connectivity index (χ4n) is 2.62. The van der Waals surface area contributed by atoms with Crippen molar-refractivity contribution in [1.29, 1.82) is 0 Å². The predicted octanol–water partition coefficient (Wildman–Crippen LogP) is 2.58. The molecule has 0 aromatic heterocycles. The summed E-state index contributed by atoms with van der Waals surface area (Å²) in [5, 5.41) is 13.2. The monoisotopic (exact) mass is 257 g/mol. The number of hydrogen-bond acceptors (Lipinski definition) is 3. The van der Waals surface area contributed by atoms with E-state index in [-0.39, 0.29) is 6.10 Å². The Kier molecular flexibility index (Phi) is 7.20. The highest BCUT2D eigenvalue weighted by atomic mass is 16.5. The second kappa shape index (κ2) is 8.13. The molecule has 1 atom stereocenters. The molecule has 1 unspecified atom stereocenters. The quantitative estimate of drug-likeness (QED) is 0.702. The lowest BCUT2D eigenvalue weighted by Gasteiger charge is -2.34. The van der Waals surface area contributed by atoms with E-state index in [2.05, 4.69) is 26.1 Å². The maximum absolute atomic E-state index is 9.79. The predicted molar refractivity (Wildman–Crippen MR) is 75.7 cm³/mol. The van der Waals surface area contributed by atoms with E-state index >= 15 is 0 Å². The Balaban J connectivity index is 2.05. The van der Waals surface area contributed by atoms with Crippen molar-refractivity contribution in [3.8, 4) is 0 Å². The number of hydrogen-bond donors (Lipinski definition) is 2. The number of aliphatic hydroxyl groups is 1. The Morgan fingerprint density at radius 3 is 2.44 bits per heavy atom. The molecule has 18 heavy (non-hydrogen) atoms. The van der Waals surface area contributed by atoms with Crippen molar-refractivity contribution < 1.29 is 9.84 Å². The molecular weight excluding hydrogens is 226 g/mol. The van der Waals surface area contributed by atoms with Crippen LogP contribution in [0.4, 0.5) is 0 Å². The van der Waals surface area contributed by atoms with Crippen LogP contribution < -0.4 is 5.32 Å². The summed E-state index contributed by atoms with van der Waals surface area (Å²) in [6.07, 6.45) is 6.37. The van der Waals surface area contributed by atoms with E-state index in [1.54, 1.807) is 0 Å². The zero-order valence-corrected chi connectivity index (χ0v) is 12.4. The molecule has 0 bridgehead atoms. The molecule has 1 aliphatic rings. The zero-order chi connectivity index (χ0) is 13.4. The first-order chi connectivity index (χ1) is 8.52. The van der Waals surface area contributed by atoms with Gasteiger partial charge in [0.05, 0.1) is 12.7 Å². The molecule has 1 rings (SSSR count). The summed E-state index contributed by atoms with van der Waals surface area (Å²) in [7, 11) is 0. The Bertz CT molecular complexity index is 213. The number of aliphatic hydroxyl groups excluding tert-OH is 1. The molecule has 0 aromatic rings. The van der Waals surface area contributed by atoms with Crippen molar-refractivity contribution in [3.63, 3.8) is 0 Å². The van der Waals surface area contributed by atoms with Crippen molar-refractivity contribution in [3.05, 3.63) is 0 Å². The SMILES string of the molecule is CC(C)COCC(O)CNCC1(C)CCCCC1. The van der Waals surface area contributed by atoms with Crippen LogP contribution in [0.2, 0.25) is 0 Å². The van der Waals surface area contributed by atoms with Gasteiger partial charge in [0.15, 0.2) is 0 Å². The lowest BCUT2D eigenvalue weighted by molar-refractivity contribution is 0.0246. The molecule has 0 aliphatic heterocycles. The van der Waals surface area contributed by atoms with Crippen LogP contribution in [0.1, 0.15) is 52.9 Å². The van der Waals surface area contributed by atoms with E-state index in [1.165, 1.54) is 32.1 Å². The largest absolute Gasteiger partial charge is 0.389 e. The first-order valence-corrected chi connectivity index (χ1v) is 7.48. The van der Waals surface area contributed by atoms with Crippen molar-refractivity contribution in [2.45, 2.75) is 59.0 Å². The summed E-state index contributed by atoms with van der Waals surface area (Å²) in [5.41, 5.74) is 0.441. The van der Waals surface area contributed by atoms with Gasteiger partial charge in [-0.15, -0.1) is 0 Å². The van der Waals surface area contributed by atoms with E-state index in [0.717, 1.165) is 13.2 Å². The van der Waals surface area contributed by atoms with Gasteiger partial charge in [0.2, 0.25) is 0 Å². The standard InChI is InChI=1S/C15H31NO2/c1-13(2)10-18-11-14(17)9-16-12-15(3)7-5-4-6-8-15/h13-14,16-17H,4-12H2,1-3H3. The van der Waals surface area contributed by atoms with E-state index in [0.29, 0.717) is 24.5 Å². The van der Waals surface area contributed by atoms with Gasteiger partial charge in [-0.2, -0.15) is 0 Å². The maximum Gasteiger partial charge on any atom is 0.0897 e. The van der Waals surface area contributed by atoms with Crippen LogP contribution in [0.5, 0.6) is 0 Å². The fraction of sp³-hybridized carbons (Fsp3) is 1.00. The second-order valence-electron chi connectivity index (χ2n) is 6.59. The fourth-order valence-corrected chi connectivity index (χ4v) is 2.62. The average molecular weight is 257 g/mol. The minimum absolute atomic E-state index is 0.379. The molecule has 0 spiro atoms. The topological polar surface area (TPSA) is 41.5 Å². The van der Waals surface area contributed by atoms with E-state index < -0.39 is 0 Å². The minimum Gasteiger partial charge on any atom is -0.389 e. The van der Waals surface area contributed by atoms with Gasteiger partial charge in [-0.25, -0.2) is 0 Å². The van der Waals surface area contributed by atoms with Crippen molar-refractivity contribution in [1.82, 2.24) is 5.32 Å². The third-order valence-corrected chi connectivity index (χ3v) is 3.75. The summed E-state index contributed by atoms with van der Waals surface area (Å²) in [6.45, 7) is 9.45. The normalized spacial score (nSPS) is 21.2. The molecule has 2 N–H and O–H groups in total. The van der Waals surface area contributed by atoms with Crippen LogP contribution in [0.3, 0.4) is 0 Å². The highest BCUT2D eigenvalue weighted by Gasteiger charge is 2.26. The number of rotatable bonds is 8. The average Bonchev–Trinajstić information content (AvgIpc) is 2.29. The maximum atomic E-state index is 9.79. The molecule has 3 nitrogen and oxygen atoms in total. The van der Waals surface area contributed by atoms with E-state index in [4.69, 9.17) is 4.74 Å². The van der Waals surface area contributed by atoms with Crippen LogP contribution in [0, 0.1) is 11.3 Å². The van der Waals surface area contributed by atoms with Crippen molar-refractivity contribution in [2.75, 3.05) is 26.3 Å². The Hall–Kier alpha value is -0.120. The summed E-state index contributed by atoms with van der Waals surface area (Å²) >= 11 is 0. The highest BCUT2D eigenvalue weighted by molar-refractivity contribution is 4.80. The molecule has 0 heterocycles. The first-order valence-electron chi connectivity index (χ1n) is 7.48. The van der Waals surface area contributed by atoms with Gasteiger partial charge in [-0.05, 0) is 24.2 Å². The van der Waals surface area contributed by atoms with Crippen LogP contribution in [0.25, 0.3) is 0 Å². The summed E-state index contributed by atoms with van der Waals surface area (Å²) in [4.78, 5) is 0. The summed E-state index contributed by atoms with van der Waals surface area (Å²) < 4.78 is 5.43. The number of nitrogens with one attached hydrogen (secondary N) is 1. The second-order valence-corrected chi connectivity index (χ2v) is 6.59. The van der Waals surface area contributed by atoms with Gasteiger partial charge in [-0.1, -0.05) is 40.0 Å². The lowest BCUT2D eigenvalue weighted by Crippen LogP contribution is -2.38. The minimum atomic E-state index is -0.379. The Labute approximate surface area is 112 Å². The van der Waals surface area contributed by atoms with Crippen LogP contribution >= 0.6 is 0 Å². The molecule has 0 aromatic carbocycles.